The molecule has 3 nitrogen and oxygen atoms in total. The molecule has 3 aromatic rings. The van der Waals surface area contributed by atoms with Gasteiger partial charge in [0.25, 0.3) is 5.89 Å². The molecule has 1 heterocycles. The van der Waals surface area contributed by atoms with E-state index >= 15 is 0 Å². The lowest BCUT2D eigenvalue weighted by Gasteiger charge is -2.00. The molecule has 0 atom stereocenters. The van der Waals surface area contributed by atoms with Gasteiger partial charge in [0.1, 0.15) is 0 Å². The second kappa shape index (κ2) is 5.81. The Morgan fingerprint density at radius 3 is 2.55 bits per heavy atom. The summed E-state index contributed by atoms with van der Waals surface area (Å²) in [4.78, 5) is 5.61. The zero-order chi connectivity index (χ0) is 13.9. The van der Waals surface area contributed by atoms with Gasteiger partial charge in [-0.3, -0.25) is 0 Å². The van der Waals surface area contributed by atoms with Crippen molar-refractivity contribution < 1.29 is 4.52 Å². The second-order valence-corrected chi connectivity index (χ2v) is 5.89. The lowest BCUT2D eigenvalue weighted by atomic mass is 10.2. The van der Waals surface area contributed by atoms with Gasteiger partial charge >= 0.3 is 0 Å². The number of hydrogen-bond donors (Lipinski definition) is 0. The highest BCUT2D eigenvalue weighted by Gasteiger charge is 2.13. The number of aromatic nitrogens is 2. The fraction of sp³-hybridized carbons (Fsp3) is 0.0667. The van der Waals surface area contributed by atoms with Crippen molar-refractivity contribution in [1.82, 2.24) is 10.1 Å². The summed E-state index contributed by atoms with van der Waals surface area (Å²) in [6.07, 6.45) is 2.03. The highest BCUT2D eigenvalue weighted by atomic mass is 79.9. The molecule has 0 amide bonds. The molecule has 1 aromatic heterocycles. The Kier molecular flexibility index (Phi) is 3.89. The van der Waals surface area contributed by atoms with E-state index in [0.29, 0.717) is 11.7 Å². The summed E-state index contributed by atoms with van der Waals surface area (Å²) in [6, 6.07) is 15.8. The summed E-state index contributed by atoms with van der Waals surface area (Å²) >= 11 is 5.08. The van der Waals surface area contributed by atoms with Crippen molar-refractivity contribution in [2.45, 2.75) is 4.90 Å². The van der Waals surface area contributed by atoms with Crippen molar-refractivity contribution in [2.75, 3.05) is 6.26 Å². The molecular formula is C15H11BrN2OS. The van der Waals surface area contributed by atoms with E-state index in [0.717, 1.165) is 20.5 Å². The first-order chi connectivity index (χ1) is 9.78. The van der Waals surface area contributed by atoms with E-state index in [4.69, 9.17) is 4.52 Å². The van der Waals surface area contributed by atoms with Crippen LogP contribution in [0.1, 0.15) is 0 Å². The van der Waals surface area contributed by atoms with E-state index in [1.54, 1.807) is 11.8 Å². The van der Waals surface area contributed by atoms with Gasteiger partial charge in [0.2, 0.25) is 5.82 Å². The van der Waals surface area contributed by atoms with Gasteiger partial charge in [-0.15, -0.1) is 11.8 Å². The summed E-state index contributed by atoms with van der Waals surface area (Å²) in [5.74, 6) is 1.15. The molecule has 0 spiro atoms. The van der Waals surface area contributed by atoms with Crippen LogP contribution in [0.15, 0.2) is 62.4 Å². The van der Waals surface area contributed by atoms with Crippen molar-refractivity contribution >= 4 is 27.7 Å². The molecule has 3 rings (SSSR count). The van der Waals surface area contributed by atoms with Gasteiger partial charge in [-0.05, 0) is 42.7 Å². The van der Waals surface area contributed by atoms with Gasteiger partial charge in [0, 0.05) is 14.9 Å². The summed E-state index contributed by atoms with van der Waals surface area (Å²) < 4.78 is 6.42. The normalized spacial score (nSPS) is 10.7. The number of rotatable bonds is 3. The van der Waals surface area contributed by atoms with Crippen LogP contribution in [0.4, 0.5) is 0 Å². The van der Waals surface area contributed by atoms with Crippen molar-refractivity contribution in [3.8, 4) is 22.8 Å². The highest BCUT2D eigenvalue weighted by molar-refractivity contribution is 9.10. The van der Waals surface area contributed by atoms with Gasteiger partial charge < -0.3 is 4.52 Å². The molecule has 0 saturated heterocycles. The monoisotopic (exact) mass is 346 g/mol. The molecule has 0 unspecified atom stereocenters. The summed E-state index contributed by atoms with van der Waals surface area (Å²) in [5, 5.41) is 4.06. The topological polar surface area (TPSA) is 38.9 Å². The van der Waals surface area contributed by atoms with Crippen LogP contribution >= 0.6 is 27.7 Å². The SMILES string of the molecule is CSc1ccccc1-c1nc(-c2ccc(Br)cc2)no1. The number of benzene rings is 2. The first-order valence-electron chi connectivity index (χ1n) is 6.01. The standard InChI is InChI=1S/C15H11BrN2OS/c1-20-13-5-3-2-4-12(13)15-17-14(18-19-15)10-6-8-11(16)9-7-10/h2-9H,1H3. The molecule has 0 N–H and O–H groups in total. The van der Waals surface area contributed by atoms with E-state index in [9.17, 15) is 0 Å². The smallest absolute Gasteiger partial charge is 0.259 e. The Labute approximate surface area is 129 Å². The van der Waals surface area contributed by atoms with Crippen LogP contribution in [0, 0.1) is 0 Å². The fourth-order valence-corrected chi connectivity index (χ4v) is 2.72. The molecule has 0 saturated carbocycles. The molecule has 0 radical (unpaired) electrons. The predicted molar refractivity (Wildman–Crippen MR) is 84.7 cm³/mol. The maximum atomic E-state index is 5.39. The van der Waals surface area contributed by atoms with E-state index < -0.39 is 0 Å². The van der Waals surface area contributed by atoms with E-state index in [-0.39, 0.29) is 0 Å². The molecule has 5 heteroatoms. The Morgan fingerprint density at radius 1 is 1.05 bits per heavy atom. The molecule has 100 valence electrons. The summed E-state index contributed by atoms with van der Waals surface area (Å²) in [6.45, 7) is 0. The Bertz CT molecular complexity index is 725. The summed E-state index contributed by atoms with van der Waals surface area (Å²) in [5.41, 5.74) is 1.90. The zero-order valence-corrected chi connectivity index (χ0v) is 13.1. The van der Waals surface area contributed by atoms with Crippen LogP contribution in [0.2, 0.25) is 0 Å². The average molecular weight is 347 g/mol. The van der Waals surface area contributed by atoms with Crippen molar-refractivity contribution in [1.29, 1.82) is 0 Å². The Balaban J connectivity index is 2.00. The lowest BCUT2D eigenvalue weighted by Crippen LogP contribution is -1.83. The number of halogens is 1. The third-order valence-corrected chi connectivity index (χ3v) is 4.19. The van der Waals surface area contributed by atoms with Gasteiger partial charge in [-0.2, -0.15) is 4.98 Å². The maximum absolute atomic E-state index is 5.39. The minimum atomic E-state index is 0.549. The highest BCUT2D eigenvalue weighted by Crippen LogP contribution is 2.30. The number of thioether (sulfide) groups is 1. The van der Waals surface area contributed by atoms with E-state index in [2.05, 4.69) is 26.1 Å². The largest absolute Gasteiger partial charge is 0.334 e. The average Bonchev–Trinajstić information content (AvgIpc) is 2.97. The van der Waals surface area contributed by atoms with E-state index in [1.807, 2.05) is 54.8 Å². The maximum Gasteiger partial charge on any atom is 0.259 e. The minimum absolute atomic E-state index is 0.549. The molecule has 0 aliphatic rings. The van der Waals surface area contributed by atoms with E-state index in [1.165, 1.54) is 0 Å². The molecule has 2 aromatic carbocycles. The summed E-state index contributed by atoms with van der Waals surface area (Å²) in [7, 11) is 0. The third kappa shape index (κ3) is 2.64. The van der Waals surface area contributed by atoms with Crippen LogP contribution < -0.4 is 0 Å². The van der Waals surface area contributed by atoms with Crippen LogP contribution in [0.3, 0.4) is 0 Å². The predicted octanol–water partition coefficient (Wildman–Crippen LogP) is 4.89. The van der Waals surface area contributed by atoms with Gasteiger partial charge in [0.15, 0.2) is 0 Å². The van der Waals surface area contributed by atoms with Crippen LogP contribution in [-0.4, -0.2) is 16.4 Å². The second-order valence-electron chi connectivity index (χ2n) is 4.13. The van der Waals surface area contributed by atoms with Gasteiger partial charge in [-0.25, -0.2) is 0 Å². The Hall–Kier alpha value is -1.59. The zero-order valence-electron chi connectivity index (χ0n) is 10.7. The van der Waals surface area contributed by atoms with Crippen molar-refractivity contribution in [2.24, 2.45) is 0 Å². The molecule has 0 bridgehead atoms. The first kappa shape index (κ1) is 13.4. The quantitative estimate of drug-likeness (QED) is 0.633. The minimum Gasteiger partial charge on any atom is -0.334 e. The van der Waals surface area contributed by atoms with Crippen molar-refractivity contribution in [3.63, 3.8) is 0 Å². The molecule has 0 fully saturated rings. The van der Waals surface area contributed by atoms with Crippen LogP contribution in [-0.2, 0) is 0 Å². The van der Waals surface area contributed by atoms with Crippen molar-refractivity contribution in [3.05, 3.63) is 53.0 Å². The van der Waals surface area contributed by atoms with Crippen LogP contribution in [0.5, 0.6) is 0 Å². The molecule has 0 aliphatic heterocycles. The number of hydrogen-bond acceptors (Lipinski definition) is 4. The van der Waals surface area contributed by atoms with Crippen LogP contribution in [0.25, 0.3) is 22.8 Å². The lowest BCUT2D eigenvalue weighted by molar-refractivity contribution is 0.431. The third-order valence-electron chi connectivity index (χ3n) is 2.87. The Morgan fingerprint density at radius 2 is 1.80 bits per heavy atom. The van der Waals surface area contributed by atoms with Gasteiger partial charge in [0.05, 0.1) is 5.56 Å². The molecular weight excluding hydrogens is 336 g/mol. The fourth-order valence-electron chi connectivity index (χ4n) is 1.87. The molecule has 0 aliphatic carbocycles. The first-order valence-corrected chi connectivity index (χ1v) is 8.03. The molecule has 20 heavy (non-hydrogen) atoms. The van der Waals surface area contributed by atoms with Gasteiger partial charge in [-0.1, -0.05) is 33.2 Å². The number of nitrogens with zero attached hydrogens (tertiary/aromatic N) is 2.